The number of hydrogen-bond donors (Lipinski definition) is 0. The summed E-state index contributed by atoms with van der Waals surface area (Å²) in [6, 6.07) is 0. The summed E-state index contributed by atoms with van der Waals surface area (Å²) in [6.07, 6.45) is 16.6. The van der Waals surface area contributed by atoms with Crippen molar-refractivity contribution in [2.45, 2.75) is 78.2 Å². The van der Waals surface area contributed by atoms with Crippen molar-refractivity contribution in [3.63, 3.8) is 0 Å². The molecule has 4 fully saturated rings. The number of Topliss-reactive ketones (excluding diaryl/α,β-unsaturated/α-hetero) is 1. The van der Waals surface area contributed by atoms with Gasteiger partial charge < -0.3 is 4.74 Å². The molecule has 0 bridgehead atoms. The average Bonchev–Trinajstić information content (AvgIpc) is 3.40. The zero-order valence-electron chi connectivity index (χ0n) is 21.1. The van der Waals surface area contributed by atoms with E-state index in [1.807, 2.05) is 7.11 Å². The lowest BCUT2D eigenvalue weighted by atomic mass is 9.44. The molecule has 2 aromatic rings. The van der Waals surface area contributed by atoms with Gasteiger partial charge in [0.2, 0.25) is 0 Å². The molecule has 7 unspecified atom stereocenters. The predicted molar refractivity (Wildman–Crippen MR) is 131 cm³/mol. The molecule has 6 heteroatoms. The molecule has 0 aliphatic heterocycles. The third kappa shape index (κ3) is 3.30. The Morgan fingerprint density at radius 2 is 1.94 bits per heavy atom. The molecule has 6 rings (SSSR count). The third-order valence-electron chi connectivity index (χ3n) is 11.0. The van der Waals surface area contributed by atoms with Gasteiger partial charge in [0.25, 0.3) is 0 Å². The monoisotopic (exact) mass is 464 g/mol. The number of hydrogen-bond acceptors (Lipinski definition) is 5. The lowest BCUT2D eigenvalue weighted by Gasteiger charge is -2.61. The molecule has 184 valence electrons. The van der Waals surface area contributed by atoms with Crippen molar-refractivity contribution in [3.8, 4) is 0 Å². The van der Waals surface area contributed by atoms with Gasteiger partial charge in [0.1, 0.15) is 12.1 Å². The van der Waals surface area contributed by atoms with Gasteiger partial charge in [-0.15, -0.1) is 0 Å². The number of rotatable bonds is 5. The number of ketones is 1. The molecule has 2 heterocycles. The van der Waals surface area contributed by atoms with Gasteiger partial charge in [-0.2, -0.15) is 5.10 Å². The van der Waals surface area contributed by atoms with Gasteiger partial charge >= 0.3 is 0 Å². The minimum Gasteiger partial charge on any atom is -0.384 e. The van der Waals surface area contributed by atoms with Gasteiger partial charge in [-0.1, -0.05) is 20.3 Å². The van der Waals surface area contributed by atoms with Gasteiger partial charge in [-0.3, -0.25) is 4.79 Å². The molecule has 2 aromatic heterocycles. The second-order valence-electron chi connectivity index (χ2n) is 12.4. The fourth-order valence-electron chi connectivity index (χ4n) is 9.53. The molecule has 4 aliphatic rings. The van der Waals surface area contributed by atoms with Crippen molar-refractivity contribution in [1.29, 1.82) is 0 Å². The highest BCUT2D eigenvalue weighted by molar-refractivity contribution is 5.83. The standard InChI is InChI=1S/C28H40N4O2/c1-18-8-11-28(17-34-3)19(14-18)4-5-20-21-6-7-23(27(21,2)10-9-22(20)28)25(33)16-32-26-24(15-31-32)29-12-13-30-26/h12-13,15,18-23H,4-11,14,16-17H2,1-3H3/t18?,19?,20?,21?,22?,23-,27?,28?/m1/s1. The van der Waals surface area contributed by atoms with E-state index in [-0.39, 0.29) is 11.3 Å². The summed E-state index contributed by atoms with van der Waals surface area (Å²) in [4.78, 5) is 22.4. The SMILES string of the molecule is COCC12CCC(C)CC1CCC1C2CCC2(C)C1CC[C@@H]2C(=O)Cn1ncc2nccnc21. The Kier molecular flexibility index (Phi) is 5.58. The van der Waals surface area contributed by atoms with Crippen LogP contribution in [-0.2, 0) is 16.1 Å². The maximum atomic E-state index is 13.7. The van der Waals surface area contributed by atoms with E-state index in [0.29, 0.717) is 29.3 Å². The van der Waals surface area contributed by atoms with Crippen LogP contribution in [0.2, 0.25) is 0 Å². The topological polar surface area (TPSA) is 69.9 Å². The van der Waals surface area contributed by atoms with Crippen LogP contribution in [0.3, 0.4) is 0 Å². The van der Waals surface area contributed by atoms with Gasteiger partial charge in [0.15, 0.2) is 11.4 Å². The third-order valence-corrected chi connectivity index (χ3v) is 11.0. The molecular formula is C28H40N4O2. The molecule has 34 heavy (non-hydrogen) atoms. The van der Waals surface area contributed by atoms with Crippen LogP contribution in [0, 0.1) is 46.3 Å². The van der Waals surface area contributed by atoms with Crippen LogP contribution in [0.4, 0.5) is 0 Å². The lowest BCUT2D eigenvalue weighted by Crippen LogP contribution is -2.56. The number of fused-ring (bicyclic) bond motifs is 6. The first-order valence-electron chi connectivity index (χ1n) is 13.6. The number of nitrogens with zero attached hydrogens (tertiary/aromatic N) is 4. The van der Waals surface area contributed by atoms with Crippen molar-refractivity contribution in [2.24, 2.45) is 46.3 Å². The quantitative estimate of drug-likeness (QED) is 0.599. The second kappa shape index (κ2) is 8.39. The van der Waals surface area contributed by atoms with Crippen LogP contribution < -0.4 is 0 Å². The van der Waals surface area contributed by atoms with E-state index in [1.165, 1.54) is 51.4 Å². The van der Waals surface area contributed by atoms with E-state index >= 15 is 0 Å². The number of carbonyl (C=O) groups excluding carboxylic acids is 1. The van der Waals surface area contributed by atoms with Crippen LogP contribution in [-0.4, -0.2) is 39.2 Å². The summed E-state index contributed by atoms with van der Waals surface area (Å²) >= 11 is 0. The van der Waals surface area contributed by atoms with E-state index in [0.717, 1.165) is 42.2 Å². The predicted octanol–water partition coefficient (Wildman–Crippen LogP) is 5.32. The van der Waals surface area contributed by atoms with Gasteiger partial charge in [-0.25, -0.2) is 14.6 Å². The van der Waals surface area contributed by atoms with Gasteiger partial charge in [-0.05, 0) is 91.8 Å². The van der Waals surface area contributed by atoms with E-state index in [1.54, 1.807) is 23.3 Å². The van der Waals surface area contributed by atoms with E-state index in [4.69, 9.17) is 4.74 Å². The Labute approximate surface area is 203 Å². The first kappa shape index (κ1) is 22.6. The molecule has 0 spiro atoms. The number of carbonyl (C=O) groups is 1. The molecular weight excluding hydrogens is 424 g/mol. The largest absolute Gasteiger partial charge is 0.384 e. The van der Waals surface area contributed by atoms with E-state index in [9.17, 15) is 4.79 Å². The molecule has 4 aliphatic carbocycles. The fraction of sp³-hybridized carbons (Fsp3) is 0.786. The second-order valence-corrected chi connectivity index (χ2v) is 12.4. The smallest absolute Gasteiger partial charge is 0.177 e. The summed E-state index contributed by atoms with van der Waals surface area (Å²) in [6.45, 7) is 6.15. The van der Waals surface area contributed by atoms with Crippen LogP contribution in [0.25, 0.3) is 11.2 Å². The Morgan fingerprint density at radius 1 is 1.09 bits per heavy atom. The van der Waals surface area contributed by atoms with Crippen LogP contribution in [0.5, 0.6) is 0 Å². The highest BCUT2D eigenvalue weighted by atomic mass is 16.5. The lowest BCUT2D eigenvalue weighted by molar-refractivity contribution is -0.154. The summed E-state index contributed by atoms with van der Waals surface area (Å²) in [7, 11) is 1.91. The van der Waals surface area contributed by atoms with Crippen molar-refractivity contribution >= 4 is 16.9 Å². The van der Waals surface area contributed by atoms with Crippen LogP contribution >= 0.6 is 0 Å². The van der Waals surface area contributed by atoms with E-state index in [2.05, 4.69) is 28.9 Å². The van der Waals surface area contributed by atoms with Crippen molar-refractivity contribution in [3.05, 3.63) is 18.6 Å². The molecule has 0 radical (unpaired) electrons. The molecule has 8 atom stereocenters. The molecule has 0 saturated heterocycles. The first-order chi connectivity index (χ1) is 16.5. The average molecular weight is 465 g/mol. The molecule has 0 aromatic carbocycles. The Balaban J connectivity index is 1.24. The Bertz CT molecular complexity index is 1070. The summed E-state index contributed by atoms with van der Waals surface area (Å²) in [5.74, 6) is 4.36. The van der Waals surface area contributed by atoms with E-state index < -0.39 is 0 Å². The zero-order valence-corrected chi connectivity index (χ0v) is 21.1. The number of ether oxygens (including phenoxy) is 1. The minimum atomic E-state index is 0.121. The summed E-state index contributed by atoms with van der Waals surface area (Å²) < 4.78 is 7.70. The normalized spacial score (nSPS) is 41.6. The van der Waals surface area contributed by atoms with Crippen molar-refractivity contribution in [1.82, 2.24) is 19.7 Å². The Hall–Kier alpha value is -1.82. The fourth-order valence-corrected chi connectivity index (χ4v) is 9.53. The molecule has 4 saturated carbocycles. The summed E-state index contributed by atoms with van der Waals surface area (Å²) in [5, 5.41) is 4.44. The van der Waals surface area contributed by atoms with Gasteiger partial charge in [0.05, 0.1) is 12.8 Å². The van der Waals surface area contributed by atoms with Crippen molar-refractivity contribution < 1.29 is 9.53 Å². The highest BCUT2D eigenvalue weighted by Gasteiger charge is 2.62. The molecule has 0 amide bonds. The minimum absolute atomic E-state index is 0.121. The number of methoxy groups -OCH3 is 1. The molecule has 0 N–H and O–H groups in total. The zero-order chi connectivity index (χ0) is 23.5. The van der Waals surface area contributed by atoms with Gasteiger partial charge in [0, 0.05) is 25.4 Å². The Morgan fingerprint density at radius 3 is 2.79 bits per heavy atom. The maximum absolute atomic E-state index is 13.7. The highest BCUT2D eigenvalue weighted by Crippen LogP contribution is 2.68. The maximum Gasteiger partial charge on any atom is 0.177 e. The van der Waals surface area contributed by atoms with Crippen LogP contribution in [0.15, 0.2) is 18.6 Å². The number of aromatic nitrogens is 4. The molecule has 6 nitrogen and oxygen atoms in total. The van der Waals surface area contributed by atoms with Crippen molar-refractivity contribution in [2.75, 3.05) is 13.7 Å². The first-order valence-corrected chi connectivity index (χ1v) is 13.6. The summed E-state index contributed by atoms with van der Waals surface area (Å²) in [5.41, 5.74) is 1.97. The van der Waals surface area contributed by atoms with Crippen LogP contribution in [0.1, 0.15) is 71.6 Å².